The summed E-state index contributed by atoms with van der Waals surface area (Å²) in [6.07, 6.45) is 5.90. The minimum Gasteiger partial charge on any atom is -0.479 e. The summed E-state index contributed by atoms with van der Waals surface area (Å²) in [6.45, 7) is 5.55. The second-order valence-corrected chi connectivity index (χ2v) is 13.1. The molecule has 0 bridgehead atoms. The monoisotopic (exact) mass is 610 g/mol. The zero-order valence-corrected chi connectivity index (χ0v) is 25.5. The molecule has 1 aromatic carbocycles. The minimum absolute atomic E-state index is 0.00579. The third kappa shape index (κ3) is 6.84. The van der Waals surface area contributed by atoms with Gasteiger partial charge < -0.3 is 30.1 Å². The van der Waals surface area contributed by atoms with Crippen LogP contribution in [0.1, 0.15) is 71.3 Å². The van der Waals surface area contributed by atoms with Crippen molar-refractivity contribution in [3.8, 4) is 0 Å². The number of nitrogens with one attached hydrogen (secondary N) is 2. The molecule has 3 N–H and O–H groups in total. The SMILES string of the molecule is CC(C)(C)OC(=O)N[C@H]1CCCCC/C=C\[C@H]2C[C@@]2(C(=O)O)NC(=O)[C@@H]2C[C@@H](OC(=O)N3CCc4ccccc43)CN2C1=O. The van der Waals surface area contributed by atoms with Crippen molar-refractivity contribution in [1.82, 2.24) is 15.5 Å². The van der Waals surface area contributed by atoms with Crippen molar-refractivity contribution in [3.63, 3.8) is 0 Å². The Labute approximate surface area is 257 Å². The number of hydrogen-bond donors (Lipinski definition) is 3. The largest absolute Gasteiger partial charge is 0.479 e. The summed E-state index contributed by atoms with van der Waals surface area (Å²) in [4.78, 5) is 69.0. The number of allylic oxidation sites excluding steroid dienone is 1. The van der Waals surface area contributed by atoms with Crippen LogP contribution in [0, 0.1) is 5.92 Å². The van der Waals surface area contributed by atoms with Crippen LogP contribution >= 0.6 is 0 Å². The topological polar surface area (TPSA) is 155 Å². The van der Waals surface area contributed by atoms with E-state index in [1.165, 1.54) is 4.90 Å². The molecule has 0 spiro atoms. The first-order valence-electron chi connectivity index (χ1n) is 15.5. The van der Waals surface area contributed by atoms with E-state index in [0.29, 0.717) is 25.8 Å². The number of anilines is 1. The summed E-state index contributed by atoms with van der Waals surface area (Å²) in [6, 6.07) is 5.47. The zero-order valence-electron chi connectivity index (χ0n) is 25.5. The number of benzene rings is 1. The first-order chi connectivity index (χ1) is 20.9. The average molecular weight is 611 g/mol. The summed E-state index contributed by atoms with van der Waals surface area (Å²) in [7, 11) is 0. The number of carbonyl (C=O) groups excluding carboxylic acids is 4. The highest BCUT2D eigenvalue weighted by Gasteiger charge is 2.61. The van der Waals surface area contributed by atoms with Gasteiger partial charge in [-0.25, -0.2) is 14.4 Å². The first kappa shape index (κ1) is 31.3. The van der Waals surface area contributed by atoms with Gasteiger partial charge in [0, 0.05) is 18.9 Å². The Kier molecular flexibility index (Phi) is 8.90. The quantitative estimate of drug-likeness (QED) is 0.439. The number of carboxylic acid groups (broad SMARTS) is 1. The molecule has 4 aliphatic rings. The van der Waals surface area contributed by atoms with E-state index >= 15 is 0 Å². The summed E-state index contributed by atoms with van der Waals surface area (Å²) in [5, 5.41) is 15.4. The average Bonchev–Trinajstić information content (AvgIpc) is 3.27. The van der Waals surface area contributed by atoms with Crippen LogP contribution in [0.25, 0.3) is 0 Å². The molecule has 0 radical (unpaired) electrons. The molecule has 1 aromatic rings. The van der Waals surface area contributed by atoms with Crippen molar-refractivity contribution in [2.24, 2.45) is 5.92 Å². The van der Waals surface area contributed by atoms with Crippen molar-refractivity contribution in [2.45, 2.75) is 101 Å². The van der Waals surface area contributed by atoms with Gasteiger partial charge in [-0.3, -0.25) is 14.5 Å². The Balaban J connectivity index is 1.39. The third-order valence-corrected chi connectivity index (χ3v) is 8.69. The van der Waals surface area contributed by atoms with Crippen molar-refractivity contribution in [3.05, 3.63) is 42.0 Å². The fourth-order valence-corrected chi connectivity index (χ4v) is 6.33. The van der Waals surface area contributed by atoms with E-state index in [1.54, 1.807) is 25.7 Å². The predicted molar refractivity (Wildman–Crippen MR) is 160 cm³/mol. The maximum Gasteiger partial charge on any atom is 0.414 e. The van der Waals surface area contributed by atoms with Crippen molar-refractivity contribution in [2.75, 3.05) is 18.0 Å². The fourth-order valence-electron chi connectivity index (χ4n) is 6.33. The van der Waals surface area contributed by atoms with Gasteiger partial charge >= 0.3 is 18.2 Å². The maximum absolute atomic E-state index is 14.1. The number of hydrogen-bond acceptors (Lipinski definition) is 7. The van der Waals surface area contributed by atoms with E-state index in [9.17, 15) is 29.1 Å². The van der Waals surface area contributed by atoms with Crippen LogP contribution in [0.3, 0.4) is 0 Å². The minimum atomic E-state index is -1.45. The lowest BCUT2D eigenvalue weighted by molar-refractivity contribution is -0.145. The molecule has 5 atom stereocenters. The number of amides is 4. The number of para-hydroxylation sites is 1. The number of nitrogens with zero attached hydrogens (tertiary/aromatic N) is 2. The molecule has 44 heavy (non-hydrogen) atoms. The highest BCUT2D eigenvalue weighted by molar-refractivity contribution is 5.96. The molecule has 1 saturated heterocycles. The van der Waals surface area contributed by atoms with Crippen molar-refractivity contribution >= 4 is 35.7 Å². The lowest BCUT2D eigenvalue weighted by Crippen LogP contribution is -2.56. The van der Waals surface area contributed by atoms with Gasteiger partial charge in [-0.05, 0) is 64.5 Å². The first-order valence-corrected chi connectivity index (χ1v) is 15.5. The van der Waals surface area contributed by atoms with E-state index in [0.717, 1.165) is 30.5 Å². The van der Waals surface area contributed by atoms with Gasteiger partial charge in [0.15, 0.2) is 0 Å². The van der Waals surface area contributed by atoms with Crippen LogP contribution in [0.4, 0.5) is 15.3 Å². The molecule has 3 aliphatic heterocycles. The van der Waals surface area contributed by atoms with Gasteiger partial charge in [0.2, 0.25) is 11.8 Å². The molecule has 5 rings (SSSR count). The smallest absolute Gasteiger partial charge is 0.414 e. The number of aliphatic carboxylic acids is 1. The molecule has 3 heterocycles. The second kappa shape index (κ2) is 12.5. The lowest BCUT2D eigenvalue weighted by Gasteiger charge is -2.30. The Morgan fingerprint density at radius 3 is 2.64 bits per heavy atom. The molecule has 1 saturated carbocycles. The van der Waals surface area contributed by atoms with Crippen molar-refractivity contribution in [1.29, 1.82) is 0 Å². The zero-order chi connectivity index (χ0) is 31.6. The molecule has 4 amide bonds. The van der Waals surface area contributed by atoms with E-state index in [1.807, 2.05) is 36.4 Å². The maximum atomic E-state index is 14.1. The normalized spacial score (nSPS) is 29.6. The second-order valence-electron chi connectivity index (χ2n) is 13.1. The van der Waals surface area contributed by atoms with Crippen LogP contribution < -0.4 is 15.5 Å². The van der Waals surface area contributed by atoms with E-state index < -0.39 is 59.3 Å². The number of carbonyl (C=O) groups is 5. The van der Waals surface area contributed by atoms with Crippen LogP contribution in [0.15, 0.2) is 36.4 Å². The van der Waals surface area contributed by atoms with Gasteiger partial charge in [0.1, 0.15) is 29.3 Å². The number of rotatable bonds is 3. The van der Waals surface area contributed by atoms with E-state index in [2.05, 4.69) is 10.6 Å². The highest BCUT2D eigenvalue weighted by Crippen LogP contribution is 2.45. The summed E-state index contributed by atoms with van der Waals surface area (Å²) >= 11 is 0. The molecule has 2 fully saturated rings. The van der Waals surface area contributed by atoms with Crippen LogP contribution in [0.5, 0.6) is 0 Å². The Hall–Kier alpha value is -4.09. The lowest BCUT2D eigenvalue weighted by atomic mass is 10.0. The predicted octanol–water partition coefficient (Wildman–Crippen LogP) is 3.53. The molecule has 12 heteroatoms. The Morgan fingerprint density at radius 2 is 1.89 bits per heavy atom. The molecule has 0 aromatic heterocycles. The molecule has 0 unspecified atom stereocenters. The van der Waals surface area contributed by atoms with Gasteiger partial charge in [-0.15, -0.1) is 0 Å². The van der Waals surface area contributed by atoms with Gasteiger partial charge in [-0.1, -0.05) is 43.2 Å². The molecule has 12 nitrogen and oxygen atoms in total. The van der Waals surface area contributed by atoms with Gasteiger partial charge in [-0.2, -0.15) is 0 Å². The summed E-state index contributed by atoms with van der Waals surface area (Å²) in [5.74, 6) is -2.63. The number of carboxylic acids is 1. The molecule has 1 aliphatic carbocycles. The van der Waals surface area contributed by atoms with Gasteiger partial charge in [0.05, 0.1) is 12.2 Å². The number of fused-ring (bicyclic) bond motifs is 3. The summed E-state index contributed by atoms with van der Waals surface area (Å²) in [5.41, 5.74) is -0.447. The van der Waals surface area contributed by atoms with Crippen LogP contribution in [0.2, 0.25) is 0 Å². The molecular weight excluding hydrogens is 568 g/mol. The van der Waals surface area contributed by atoms with Crippen LogP contribution in [-0.2, 0) is 30.3 Å². The summed E-state index contributed by atoms with van der Waals surface area (Å²) < 4.78 is 11.3. The van der Waals surface area contributed by atoms with Crippen molar-refractivity contribution < 1.29 is 38.6 Å². The number of alkyl carbamates (subject to hydrolysis) is 1. The highest BCUT2D eigenvalue weighted by atomic mass is 16.6. The van der Waals surface area contributed by atoms with E-state index in [4.69, 9.17) is 9.47 Å². The Morgan fingerprint density at radius 1 is 1.11 bits per heavy atom. The Bertz CT molecular complexity index is 1340. The van der Waals surface area contributed by atoms with Crippen LogP contribution in [-0.4, -0.2) is 82.4 Å². The fraction of sp³-hybridized carbons (Fsp3) is 0.594. The van der Waals surface area contributed by atoms with E-state index in [-0.39, 0.29) is 25.3 Å². The molecular formula is C32H42N4O8. The standard InChI is InChI=1S/C32H42N4O8/c1-31(2,3)44-29(41)33-23-13-8-6-4-5-7-12-21-18-32(21,28(39)40)34-26(37)25-17-22(19-36(25)27(23)38)43-30(42)35-16-15-20-11-9-10-14-24(20)35/h7,9-12,14,21-23,25H,4-6,8,13,15-19H2,1-3H3,(H,33,41)(H,34,37)(H,39,40)/b12-7-/t21-,22+,23-,25-,32+/m0/s1. The molecule has 238 valence electrons. The number of ether oxygens (including phenoxy) is 2. The third-order valence-electron chi connectivity index (χ3n) is 8.69. The van der Waals surface area contributed by atoms with Gasteiger partial charge in [0.25, 0.3) is 0 Å².